The van der Waals surface area contributed by atoms with Crippen LogP contribution in [0.4, 0.5) is 13.2 Å². The maximum Gasteiger partial charge on any atom is 0.416 e. The van der Waals surface area contributed by atoms with Crippen molar-refractivity contribution >= 4 is 5.97 Å². The van der Waals surface area contributed by atoms with E-state index in [1.54, 1.807) is 0 Å². The summed E-state index contributed by atoms with van der Waals surface area (Å²) < 4.78 is 44.3. The molecule has 1 N–H and O–H groups in total. The van der Waals surface area contributed by atoms with E-state index in [0.29, 0.717) is 12.2 Å². The number of benzene rings is 3. The number of unbranched alkanes of at least 4 members (excludes halogenated alkanes) is 4. The highest BCUT2D eigenvalue weighted by molar-refractivity contribution is 5.67. The first-order chi connectivity index (χ1) is 19.2. The second-order valence-corrected chi connectivity index (χ2v) is 9.39. The maximum atomic E-state index is 12.8. The van der Waals surface area contributed by atoms with Gasteiger partial charge in [0.15, 0.2) is 6.61 Å². The number of halogens is 3. The number of alkyl halides is 3. The summed E-state index contributed by atoms with van der Waals surface area (Å²) in [6.45, 7) is 2.70. The number of rotatable bonds is 14. The first-order valence-corrected chi connectivity index (χ1v) is 13.3. The highest BCUT2D eigenvalue weighted by Gasteiger charge is 2.30. The van der Waals surface area contributed by atoms with E-state index in [1.807, 2.05) is 48.5 Å². The zero-order valence-electron chi connectivity index (χ0n) is 22.5. The lowest BCUT2D eigenvalue weighted by atomic mass is 10.1. The van der Waals surface area contributed by atoms with E-state index in [-0.39, 0.29) is 13.1 Å². The molecule has 0 spiro atoms. The third-order valence-electron chi connectivity index (χ3n) is 6.05. The van der Waals surface area contributed by atoms with Gasteiger partial charge in [0, 0.05) is 24.2 Å². The number of carboxylic acid groups (broad SMARTS) is 1. The fraction of sp³-hybridized carbons (Fsp3) is 0.344. The molecule has 0 heterocycles. The standard InChI is InChI=1S/C32H34F3NO4/c1-2-3-4-5-6-21-39-30-19-15-26(16-20-30)8-7-25-9-11-27(12-10-25)22-36(40-24-31(37)38)23-28-13-17-29(18-14-28)32(33,34)35/h9-20H,2-6,21-24H2,1H3,(H,37,38). The van der Waals surface area contributed by atoms with Crippen molar-refractivity contribution < 1.29 is 32.6 Å². The Labute approximate surface area is 233 Å². The first kappa shape index (κ1) is 30.7. The van der Waals surface area contributed by atoms with Crippen LogP contribution in [0.2, 0.25) is 0 Å². The lowest BCUT2D eigenvalue weighted by Gasteiger charge is -2.21. The van der Waals surface area contributed by atoms with Crippen LogP contribution in [0.25, 0.3) is 0 Å². The molecule has 0 fully saturated rings. The normalized spacial score (nSPS) is 11.2. The summed E-state index contributed by atoms with van der Waals surface area (Å²) >= 11 is 0. The van der Waals surface area contributed by atoms with E-state index in [0.717, 1.165) is 41.0 Å². The van der Waals surface area contributed by atoms with Crippen molar-refractivity contribution in [2.45, 2.75) is 58.3 Å². The number of hydrogen-bond donors (Lipinski definition) is 1. The number of nitrogens with zero attached hydrogens (tertiary/aromatic N) is 1. The van der Waals surface area contributed by atoms with E-state index < -0.39 is 24.3 Å². The van der Waals surface area contributed by atoms with Crippen LogP contribution in [0.3, 0.4) is 0 Å². The molecular formula is C32H34F3NO4. The topological polar surface area (TPSA) is 59.0 Å². The van der Waals surface area contributed by atoms with Crippen LogP contribution in [-0.4, -0.2) is 29.4 Å². The molecule has 0 saturated heterocycles. The molecule has 212 valence electrons. The minimum Gasteiger partial charge on any atom is -0.494 e. The molecule has 5 nitrogen and oxygen atoms in total. The van der Waals surface area contributed by atoms with Crippen LogP contribution < -0.4 is 4.74 Å². The molecule has 0 aliphatic heterocycles. The van der Waals surface area contributed by atoms with Crippen molar-refractivity contribution in [3.05, 3.63) is 101 Å². The molecule has 8 heteroatoms. The monoisotopic (exact) mass is 553 g/mol. The lowest BCUT2D eigenvalue weighted by Crippen LogP contribution is -2.26. The van der Waals surface area contributed by atoms with Gasteiger partial charge in [-0.15, -0.1) is 0 Å². The molecular weight excluding hydrogens is 519 g/mol. The highest BCUT2D eigenvalue weighted by atomic mass is 19.4. The van der Waals surface area contributed by atoms with Crippen molar-refractivity contribution in [1.29, 1.82) is 0 Å². The molecule has 3 aromatic carbocycles. The zero-order chi connectivity index (χ0) is 28.8. The molecule has 0 bridgehead atoms. The fourth-order valence-corrected chi connectivity index (χ4v) is 3.87. The molecule has 0 radical (unpaired) electrons. The van der Waals surface area contributed by atoms with Crippen LogP contribution in [0.1, 0.15) is 66.8 Å². The van der Waals surface area contributed by atoms with Crippen LogP contribution in [-0.2, 0) is 28.9 Å². The Kier molecular flexibility index (Phi) is 12.1. The van der Waals surface area contributed by atoms with E-state index >= 15 is 0 Å². The molecule has 0 aromatic heterocycles. The Hall–Kier alpha value is -3.80. The summed E-state index contributed by atoms with van der Waals surface area (Å²) in [5.41, 5.74) is 2.31. The number of carbonyl (C=O) groups is 1. The van der Waals surface area contributed by atoms with Crippen LogP contribution in [0, 0.1) is 11.8 Å². The third kappa shape index (κ3) is 11.1. The summed E-state index contributed by atoms with van der Waals surface area (Å²) in [6.07, 6.45) is 1.55. The minimum absolute atomic E-state index is 0.117. The molecule has 40 heavy (non-hydrogen) atoms. The van der Waals surface area contributed by atoms with Crippen molar-refractivity contribution in [3.63, 3.8) is 0 Å². The van der Waals surface area contributed by atoms with Crippen LogP contribution >= 0.6 is 0 Å². The number of carboxylic acids is 1. The molecule has 0 atom stereocenters. The smallest absolute Gasteiger partial charge is 0.416 e. The summed E-state index contributed by atoms with van der Waals surface area (Å²) in [7, 11) is 0. The minimum atomic E-state index is -4.42. The van der Waals surface area contributed by atoms with Gasteiger partial charge in [-0.25, -0.2) is 4.79 Å². The number of hydroxylamine groups is 2. The van der Waals surface area contributed by atoms with Crippen molar-refractivity contribution in [2.75, 3.05) is 13.2 Å². The summed E-state index contributed by atoms with van der Waals surface area (Å²) in [6, 6.07) is 19.8. The lowest BCUT2D eigenvalue weighted by molar-refractivity contribution is -0.190. The Bertz CT molecular complexity index is 1250. The number of hydrogen-bond acceptors (Lipinski definition) is 4. The van der Waals surface area contributed by atoms with Gasteiger partial charge in [0.25, 0.3) is 0 Å². The van der Waals surface area contributed by atoms with E-state index in [9.17, 15) is 18.0 Å². The molecule has 0 saturated carbocycles. The van der Waals surface area contributed by atoms with Gasteiger partial charge in [0.2, 0.25) is 0 Å². The molecule has 0 unspecified atom stereocenters. The SMILES string of the molecule is CCCCCCCOc1ccc(C#Cc2ccc(CN(Cc3ccc(C(F)(F)F)cc3)OCC(=O)O)cc2)cc1. The van der Waals surface area contributed by atoms with Gasteiger partial charge < -0.3 is 9.84 Å². The van der Waals surface area contributed by atoms with Gasteiger partial charge >= 0.3 is 12.1 Å². The summed E-state index contributed by atoms with van der Waals surface area (Å²) in [4.78, 5) is 16.4. The highest BCUT2D eigenvalue weighted by Crippen LogP contribution is 2.29. The van der Waals surface area contributed by atoms with Crippen molar-refractivity contribution in [1.82, 2.24) is 5.06 Å². The van der Waals surface area contributed by atoms with E-state index in [4.69, 9.17) is 14.7 Å². The van der Waals surface area contributed by atoms with Gasteiger partial charge in [-0.3, -0.25) is 4.84 Å². The van der Waals surface area contributed by atoms with Gasteiger partial charge in [0.1, 0.15) is 5.75 Å². The molecule has 0 aliphatic rings. The predicted octanol–water partition coefficient (Wildman–Crippen LogP) is 7.47. The predicted molar refractivity (Wildman–Crippen MR) is 147 cm³/mol. The third-order valence-corrected chi connectivity index (χ3v) is 6.05. The van der Waals surface area contributed by atoms with Crippen LogP contribution in [0.15, 0.2) is 72.8 Å². The number of ether oxygens (including phenoxy) is 1. The summed E-state index contributed by atoms with van der Waals surface area (Å²) in [5.74, 6) is 5.94. The Morgan fingerprint density at radius 2 is 1.32 bits per heavy atom. The van der Waals surface area contributed by atoms with E-state index in [2.05, 4.69) is 18.8 Å². The molecule has 0 amide bonds. The van der Waals surface area contributed by atoms with Crippen LogP contribution in [0.5, 0.6) is 5.75 Å². The Morgan fingerprint density at radius 3 is 1.85 bits per heavy atom. The van der Waals surface area contributed by atoms with E-state index in [1.165, 1.54) is 42.9 Å². The number of aliphatic carboxylic acids is 1. The fourth-order valence-electron chi connectivity index (χ4n) is 3.87. The first-order valence-electron chi connectivity index (χ1n) is 13.3. The van der Waals surface area contributed by atoms with Gasteiger partial charge in [-0.2, -0.15) is 18.2 Å². The Balaban J connectivity index is 1.55. The molecule has 3 aromatic rings. The Morgan fingerprint density at radius 1 is 0.800 bits per heavy atom. The van der Waals surface area contributed by atoms with Gasteiger partial charge in [-0.1, -0.05) is 68.7 Å². The second kappa shape index (κ2) is 15.7. The average Bonchev–Trinajstić information content (AvgIpc) is 2.93. The largest absolute Gasteiger partial charge is 0.494 e. The maximum absolute atomic E-state index is 12.8. The molecule has 3 rings (SSSR count). The van der Waals surface area contributed by atoms with Crippen molar-refractivity contribution in [2.24, 2.45) is 0 Å². The van der Waals surface area contributed by atoms with Gasteiger partial charge in [0.05, 0.1) is 12.2 Å². The van der Waals surface area contributed by atoms with Crippen molar-refractivity contribution in [3.8, 4) is 17.6 Å². The average molecular weight is 554 g/mol. The molecule has 0 aliphatic carbocycles. The summed E-state index contributed by atoms with van der Waals surface area (Å²) in [5, 5.41) is 10.4. The zero-order valence-corrected chi connectivity index (χ0v) is 22.5. The van der Waals surface area contributed by atoms with Gasteiger partial charge in [-0.05, 0) is 66.1 Å². The second-order valence-electron chi connectivity index (χ2n) is 9.39. The quantitative estimate of drug-likeness (QED) is 0.127.